The summed E-state index contributed by atoms with van der Waals surface area (Å²) in [7, 11) is 0. The summed E-state index contributed by atoms with van der Waals surface area (Å²) in [5.74, 6) is 0.664. The van der Waals surface area contributed by atoms with E-state index in [0.717, 1.165) is 11.3 Å². The first-order valence-corrected chi connectivity index (χ1v) is 8.95. The van der Waals surface area contributed by atoms with Crippen molar-refractivity contribution < 1.29 is 4.39 Å². The molecule has 0 bridgehead atoms. The van der Waals surface area contributed by atoms with Crippen LogP contribution >= 0.6 is 11.6 Å². The summed E-state index contributed by atoms with van der Waals surface area (Å²) in [4.78, 5) is 27.6. The average Bonchev–Trinajstić information content (AvgIpc) is 2.71. The molecule has 0 saturated carbocycles. The Bertz CT molecular complexity index is 1000. The van der Waals surface area contributed by atoms with Crippen molar-refractivity contribution in [3.63, 3.8) is 0 Å². The van der Waals surface area contributed by atoms with E-state index < -0.39 is 0 Å². The predicted molar refractivity (Wildman–Crippen MR) is 104 cm³/mol. The quantitative estimate of drug-likeness (QED) is 0.751. The van der Waals surface area contributed by atoms with Crippen molar-refractivity contribution in [2.75, 3.05) is 36.0 Å². The van der Waals surface area contributed by atoms with Crippen LogP contribution in [-0.2, 0) is 0 Å². The molecule has 138 valence electrons. The number of aromatic nitrogens is 3. The van der Waals surface area contributed by atoms with Crippen LogP contribution in [0.3, 0.4) is 0 Å². The van der Waals surface area contributed by atoms with Gasteiger partial charge in [0.1, 0.15) is 16.7 Å². The summed E-state index contributed by atoms with van der Waals surface area (Å²) < 4.78 is 13.5. The van der Waals surface area contributed by atoms with E-state index in [1.54, 1.807) is 30.6 Å². The molecule has 27 heavy (non-hydrogen) atoms. The fraction of sp³-hybridized carbons (Fsp3) is 0.211. The number of nitrogens with one attached hydrogen (secondary N) is 1. The van der Waals surface area contributed by atoms with Crippen LogP contribution in [0.2, 0.25) is 5.02 Å². The smallest absolute Gasteiger partial charge is 0.272 e. The average molecular weight is 386 g/mol. The zero-order valence-corrected chi connectivity index (χ0v) is 15.2. The highest BCUT2D eigenvalue weighted by Crippen LogP contribution is 2.25. The van der Waals surface area contributed by atoms with Crippen LogP contribution in [0.4, 0.5) is 15.9 Å². The van der Waals surface area contributed by atoms with Gasteiger partial charge in [0.15, 0.2) is 5.82 Å². The van der Waals surface area contributed by atoms with E-state index in [1.807, 2.05) is 11.0 Å². The van der Waals surface area contributed by atoms with E-state index in [2.05, 4.69) is 19.9 Å². The third-order valence-corrected chi connectivity index (χ3v) is 4.89. The molecule has 0 unspecified atom stereocenters. The van der Waals surface area contributed by atoms with E-state index >= 15 is 0 Å². The molecule has 0 spiro atoms. The van der Waals surface area contributed by atoms with Crippen LogP contribution in [0.5, 0.6) is 0 Å². The Labute approximate surface area is 160 Å². The number of anilines is 2. The van der Waals surface area contributed by atoms with Gasteiger partial charge in [0.2, 0.25) is 0 Å². The minimum absolute atomic E-state index is 0.0759. The van der Waals surface area contributed by atoms with Gasteiger partial charge < -0.3 is 14.8 Å². The first kappa shape index (κ1) is 17.5. The molecule has 1 aromatic carbocycles. The minimum Gasteiger partial charge on any atom is -0.368 e. The van der Waals surface area contributed by atoms with Crippen LogP contribution in [0.15, 0.2) is 53.6 Å². The van der Waals surface area contributed by atoms with Crippen molar-refractivity contribution in [1.82, 2.24) is 15.0 Å². The lowest BCUT2D eigenvalue weighted by molar-refractivity contribution is 0.619. The number of nitrogens with zero attached hydrogens (tertiary/aromatic N) is 4. The molecular formula is C19H17ClFN5O. The number of aromatic amines is 1. The number of benzene rings is 1. The molecule has 1 saturated heterocycles. The Balaban J connectivity index is 1.58. The third-order valence-electron chi connectivity index (χ3n) is 4.55. The molecular weight excluding hydrogens is 369 g/mol. The van der Waals surface area contributed by atoms with Gasteiger partial charge in [0, 0.05) is 49.8 Å². The minimum atomic E-state index is -0.374. The predicted octanol–water partition coefficient (Wildman–Crippen LogP) is 2.95. The summed E-state index contributed by atoms with van der Waals surface area (Å²) in [5.41, 5.74) is 1.23. The first-order valence-electron chi connectivity index (χ1n) is 8.57. The van der Waals surface area contributed by atoms with Gasteiger partial charge in [-0.2, -0.15) is 0 Å². The Kier molecular flexibility index (Phi) is 4.77. The Morgan fingerprint density at radius 1 is 1.04 bits per heavy atom. The molecule has 0 radical (unpaired) electrons. The van der Waals surface area contributed by atoms with E-state index in [4.69, 9.17) is 11.6 Å². The van der Waals surface area contributed by atoms with Crippen LogP contribution in [0.25, 0.3) is 11.4 Å². The fourth-order valence-corrected chi connectivity index (χ4v) is 3.36. The normalized spacial score (nSPS) is 14.4. The zero-order chi connectivity index (χ0) is 18.8. The number of halogens is 2. The van der Waals surface area contributed by atoms with Crippen molar-refractivity contribution in [3.05, 3.63) is 70.0 Å². The molecule has 2 aromatic heterocycles. The van der Waals surface area contributed by atoms with Crippen molar-refractivity contribution in [2.24, 2.45) is 0 Å². The van der Waals surface area contributed by atoms with Gasteiger partial charge in [-0.15, -0.1) is 0 Å². The molecule has 1 aliphatic rings. The van der Waals surface area contributed by atoms with Crippen LogP contribution in [0, 0.1) is 5.82 Å². The van der Waals surface area contributed by atoms with E-state index in [9.17, 15) is 9.18 Å². The maximum absolute atomic E-state index is 13.5. The molecule has 6 nitrogen and oxygen atoms in total. The molecule has 1 fully saturated rings. The molecule has 3 heterocycles. The topological polar surface area (TPSA) is 65.1 Å². The number of hydrogen-bond donors (Lipinski definition) is 1. The van der Waals surface area contributed by atoms with Gasteiger partial charge in [-0.1, -0.05) is 17.7 Å². The lowest BCUT2D eigenvalue weighted by Crippen LogP contribution is -2.47. The van der Waals surface area contributed by atoms with E-state index in [0.29, 0.717) is 37.8 Å². The molecule has 1 aliphatic heterocycles. The molecule has 4 rings (SSSR count). The molecule has 0 amide bonds. The highest BCUT2D eigenvalue weighted by Gasteiger charge is 2.22. The van der Waals surface area contributed by atoms with Crippen LogP contribution in [-0.4, -0.2) is 41.1 Å². The van der Waals surface area contributed by atoms with Gasteiger partial charge in [0.25, 0.3) is 5.56 Å². The molecule has 1 N–H and O–H groups in total. The second-order valence-electron chi connectivity index (χ2n) is 6.24. The first-order chi connectivity index (χ1) is 13.1. The number of hydrogen-bond acceptors (Lipinski definition) is 5. The number of rotatable bonds is 3. The van der Waals surface area contributed by atoms with Crippen molar-refractivity contribution in [3.8, 4) is 11.4 Å². The zero-order valence-electron chi connectivity index (χ0n) is 14.4. The SMILES string of the molecule is O=c1[nH]c(-c2ccncc2)nc(N2CCN(c3cccc(F)c3)CC2)c1Cl. The van der Waals surface area contributed by atoms with E-state index in [-0.39, 0.29) is 16.4 Å². The Hall–Kier alpha value is -2.93. The second-order valence-corrected chi connectivity index (χ2v) is 6.62. The lowest BCUT2D eigenvalue weighted by Gasteiger charge is -2.37. The van der Waals surface area contributed by atoms with Crippen molar-refractivity contribution in [1.29, 1.82) is 0 Å². The number of piperazine rings is 1. The van der Waals surface area contributed by atoms with Crippen LogP contribution < -0.4 is 15.4 Å². The molecule has 0 aliphatic carbocycles. The summed E-state index contributed by atoms with van der Waals surface area (Å²) in [6.45, 7) is 2.61. The van der Waals surface area contributed by atoms with Crippen molar-refractivity contribution >= 4 is 23.1 Å². The summed E-state index contributed by atoms with van der Waals surface area (Å²) in [6, 6.07) is 10.1. The van der Waals surface area contributed by atoms with Gasteiger partial charge in [-0.05, 0) is 30.3 Å². The van der Waals surface area contributed by atoms with Gasteiger partial charge >= 0.3 is 0 Å². The lowest BCUT2D eigenvalue weighted by atomic mass is 10.2. The maximum atomic E-state index is 13.5. The second kappa shape index (κ2) is 7.36. The van der Waals surface area contributed by atoms with Gasteiger partial charge in [-0.25, -0.2) is 9.37 Å². The standard InChI is InChI=1S/C19H17ClFN5O/c20-16-18(23-17(24-19(16)27)13-4-6-22-7-5-13)26-10-8-25(9-11-26)15-3-1-2-14(21)12-15/h1-7,12H,8-11H2,(H,23,24,27). The molecule has 0 atom stereocenters. The van der Waals surface area contributed by atoms with Gasteiger partial charge in [-0.3, -0.25) is 9.78 Å². The Morgan fingerprint density at radius 2 is 1.74 bits per heavy atom. The fourth-order valence-electron chi connectivity index (χ4n) is 3.15. The largest absolute Gasteiger partial charge is 0.368 e. The monoisotopic (exact) mass is 385 g/mol. The maximum Gasteiger partial charge on any atom is 0.272 e. The molecule has 8 heteroatoms. The van der Waals surface area contributed by atoms with Crippen LogP contribution in [0.1, 0.15) is 0 Å². The van der Waals surface area contributed by atoms with E-state index in [1.165, 1.54) is 12.1 Å². The highest BCUT2D eigenvalue weighted by molar-refractivity contribution is 6.32. The van der Waals surface area contributed by atoms with Gasteiger partial charge in [0.05, 0.1) is 0 Å². The Morgan fingerprint density at radius 3 is 2.44 bits per heavy atom. The summed E-state index contributed by atoms with van der Waals surface area (Å²) in [6.07, 6.45) is 3.28. The third kappa shape index (κ3) is 3.64. The number of H-pyrrole nitrogens is 1. The number of pyridine rings is 1. The highest BCUT2D eigenvalue weighted by atomic mass is 35.5. The summed E-state index contributed by atoms with van der Waals surface area (Å²) >= 11 is 6.24. The van der Waals surface area contributed by atoms with Crippen molar-refractivity contribution in [2.45, 2.75) is 0 Å². The molecule has 3 aromatic rings. The summed E-state index contributed by atoms with van der Waals surface area (Å²) in [5, 5.41) is 0.0759.